The molecule has 0 atom stereocenters. The summed E-state index contributed by atoms with van der Waals surface area (Å²) in [6.07, 6.45) is 0. The van der Waals surface area contributed by atoms with E-state index in [4.69, 9.17) is 5.73 Å². The average Bonchev–Trinajstić information content (AvgIpc) is 2.56. The highest BCUT2D eigenvalue weighted by atomic mass is 16.1. The standard InChI is InChI=1S/C21H22N2O/c1-14-11-12-16(22)13-18(14)20(24)23-21(2,3)19-10-6-8-15-7-4-5-9-17(15)19/h4-13H,22H2,1-3H3,(H,23,24). The molecule has 0 saturated carbocycles. The normalized spacial score (nSPS) is 11.5. The van der Waals surface area contributed by atoms with Crippen LogP contribution in [-0.4, -0.2) is 5.91 Å². The van der Waals surface area contributed by atoms with Gasteiger partial charge in [0.1, 0.15) is 0 Å². The molecule has 0 fully saturated rings. The first-order valence-corrected chi connectivity index (χ1v) is 8.05. The number of carbonyl (C=O) groups excluding carboxylic acids is 1. The maximum atomic E-state index is 12.8. The summed E-state index contributed by atoms with van der Waals surface area (Å²) >= 11 is 0. The number of rotatable bonds is 3. The molecule has 0 unspecified atom stereocenters. The lowest BCUT2D eigenvalue weighted by Gasteiger charge is -2.28. The topological polar surface area (TPSA) is 55.1 Å². The number of fused-ring (bicyclic) bond motifs is 1. The molecule has 0 bridgehead atoms. The SMILES string of the molecule is Cc1ccc(N)cc1C(=O)NC(C)(C)c1cccc2ccccc12. The molecule has 3 heteroatoms. The Hall–Kier alpha value is -2.81. The van der Waals surface area contributed by atoms with Gasteiger partial charge < -0.3 is 11.1 Å². The van der Waals surface area contributed by atoms with Gasteiger partial charge in [-0.25, -0.2) is 0 Å². The van der Waals surface area contributed by atoms with Crippen LogP contribution in [0.1, 0.15) is 35.3 Å². The Balaban J connectivity index is 1.98. The number of amides is 1. The Morgan fingerprint density at radius 3 is 2.50 bits per heavy atom. The van der Waals surface area contributed by atoms with E-state index in [1.54, 1.807) is 6.07 Å². The molecule has 0 aliphatic carbocycles. The number of aryl methyl sites for hydroxylation is 1. The molecular weight excluding hydrogens is 296 g/mol. The molecule has 0 saturated heterocycles. The molecule has 0 radical (unpaired) electrons. The minimum atomic E-state index is -0.505. The van der Waals surface area contributed by atoms with Crippen molar-refractivity contribution in [3.8, 4) is 0 Å². The Kier molecular flexibility index (Phi) is 4.02. The van der Waals surface area contributed by atoms with Crippen LogP contribution in [0.5, 0.6) is 0 Å². The van der Waals surface area contributed by atoms with Gasteiger partial charge in [-0.1, -0.05) is 48.5 Å². The van der Waals surface area contributed by atoms with Crippen LogP contribution in [-0.2, 0) is 5.54 Å². The molecule has 0 aliphatic rings. The van der Waals surface area contributed by atoms with E-state index in [0.29, 0.717) is 11.3 Å². The van der Waals surface area contributed by atoms with E-state index in [2.05, 4.69) is 29.6 Å². The third kappa shape index (κ3) is 2.98. The summed E-state index contributed by atoms with van der Waals surface area (Å²) in [6, 6.07) is 19.8. The van der Waals surface area contributed by atoms with E-state index in [-0.39, 0.29) is 5.91 Å². The maximum absolute atomic E-state index is 12.8. The molecule has 3 rings (SSSR count). The van der Waals surface area contributed by atoms with Gasteiger partial charge in [-0.3, -0.25) is 4.79 Å². The van der Waals surface area contributed by atoms with Gasteiger partial charge in [0.05, 0.1) is 5.54 Å². The lowest BCUT2D eigenvalue weighted by Crippen LogP contribution is -2.41. The fourth-order valence-corrected chi connectivity index (χ4v) is 3.07. The number of nitrogens with one attached hydrogen (secondary N) is 1. The number of nitrogen functional groups attached to an aromatic ring is 1. The number of carbonyl (C=O) groups is 1. The van der Waals surface area contributed by atoms with Crippen molar-refractivity contribution < 1.29 is 4.79 Å². The molecule has 0 aliphatic heterocycles. The van der Waals surface area contributed by atoms with Crippen LogP contribution in [0.15, 0.2) is 60.7 Å². The Morgan fingerprint density at radius 2 is 1.71 bits per heavy atom. The van der Waals surface area contributed by atoms with Gasteiger partial charge in [0.2, 0.25) is 0 Å². The van der Waals surface area contributed by atoms with E-state index >= 15 is 0 Å². The van der Waals surface area contributed by atoms with Crippen LogP contribution in [0.3, 0.4) is 0 Å². The monoisotopic (exact) mass is 318 g/mol. The van der Waals surface area contributed by atoms with Crippen molar-refractivity contribution in [2.75, 3.05) is 5.73 Å². The second-order valence-electron chi connectivity index (χ2n) is 6.68. The van der Waals surface area contributed by atoms with Gasteiger partial charge in [-0.05, 0) is 54.8 Å². The molecular formula is C21H22N2O. The van der Waals surface area contributed by atoms with Crippen LogP contribution in [0.4, 0.5) is 5.69 Å². The van der Waals surface area contributed by atoms with Gasteiger partial charge in [-0.15, -0.1) is 0 Å². The number of hydrogen-bond acceptors (Lipinski definition) is 2. The molecule has 122 valence electrons. The minimum Gasteiger partial charge on any atom is -0.399 e. The van der Waals surface area contributed by atoms with Gasteiger partial charge in [0, 0.05) is 11.3 Å². The smallest absolute Gasteiger partial charge is 0.252 e. The molecule has 0 spiro atoms. The zero-order valence-electron chi connectivity index (χ0n) is 14.3. The third-order valence-corrected chi connectivity index (χ3v) is 4.40. The van der Waals surface area contributed by atoms with Crippen LogP contribution in [0.2, 0.25) is 0 Å². The molecule has 3 N–H and O–H groups in total. The van der Waals surface area contributed by atoms with Crippen molar-refractivity contribution in [2.45, 2.75) is 26.3 Å². The van der Waals surface area contributed by atoms with Crippen LogP contribution < -0.4 is 11.1 Å². The summed E-state index contributed by atoms with van der Waals surface area (Å²) < 4.78 is 0. The predicted octanol–water partition coefficient (Wildman–Crippen LogP) is 4.40. The van der Waals surface area contributed by atoms with E-state index in [0.717, 1.165) is 21.9 Å². The largest absolute Gasteiger partial charge is 0.399 e. The summed E-state index contributed by atoms with van der Waals surface area (Å²) in [5.41, 5.74) is 8.54. The second-order valence-corrected chi connectivity index (χ2v) is 6.68. The Bertz CT molecular complexity index is 907. The van der Waals surface area contributed by atoms with E-state index in [1.807, 2.05) is 51.1 Å². The van der Waals surface area contributed by atoms with Crippen molar-refractivity contribution in [3.63, 3.8) is 0 Å². The van der Waals surface area contributed by atoms with Crippen molar-refractivity contribution in [3.05, 3.63) is 77.4 Å². The highest BCUT2D eigenvalue weighted by Crippen LogP contribution is 2.29. The summed E-state index contributed by atoms with van der Waals surface area (Å²) in [5, 5.41) is 5.47. The minimum absolute atomic E-state index is 0.113. The number of anilines is 1. The van der Waals surface area contributed by atoms with Crippen LogP contribution >= 0.6 is 0 Å². The molecule has 3 aromatic rings. The highest BCUT2D eigenvalue weighted by molar-refractivity contribution is 5.97. The maximum Gasteiger partial charge on any atom is 0.252 e. The lowest BCUT2D eigenvalue weighted by atomic mass is 9.89. The molecule has 24 heavy (non-hydrogen) atoms. The third-order valence-electron chi connectivity index (χ3n) is 4.40. The van der Waals surface area contributed by atoms with Crippen molar-refractivity contribution in [2.24, 2.45) is 0 Å². The van der Waals surface area contributed by atoms with Gasteiger partial charge in [-0.2, -0.15) is 0 Å². The van der Waals surface area contributed by atoms with E-state index < -0.39 is 5.54 Å². The predicted molar refractivity (Wildman–Crippen MR) is 100 cm³/mol. The quantitative estimate of drug-likeness (QED) is 0.703. The lowest BCUT2D eigenvalue weighted by molar-refractivity contribution is 0.0912. The number of hydrogen-bond donors (Lipinski definition) is 2. The summed E-state index contributed by atoms with van der Waals surface area (Å²) in [5.74, 6) is -0.113. The zero-order valence-corrected chi connectivity index (χ0v) is 14.3. The molecule has 3 aromatic carbocycles. The fraction of sp³-hybridized carbons (Fsp3) is 0.190. The highest BCUT2D eigenvalue weighted by Gasteiger charge is 2.25. The molecule has 0 heterocycles. The first-order valence-electron chi connectivity index (χ1n) is 8.05. The van der Waals surface area contributed by atoms with Crippen molar-refractivity contribution in [1.82, 2.24) is 5.32 Å². The number of benzene rings is 3. The summed E-state index contributed by atoms with van der Waals surface area (Å²) in [6.45, 7) is 5.96. The fourth-order valence-electron chi connectivity index (χ4n) is 3.07. The van der Waals surface area contributed by atoms with Gasteiger partial charge >= 0.3 is 0 Å². The molecule has 3 nitrogen and oxygen atoms in total. The summed E-state index contributed by atoms with van der Waals surface area (Å²) in [7, 11) is 0. The zero-order chi connectivity index (χ0) is 17.3. The van der Waals surface area contributed by atoms with E-state index in [9.17, 15) is 4.79 Å². The number of nitrogens with two attached hydrogens (primary N) is 1. The first kappa shape index (κ1) is 16.1. The van der Waals surface area contributed by atoms with Gasteiger partial charge in [0.25, 0.3) is 5.91 Å². The van der Waals surface area contributed by atoms with Gasteiger partial charge in [0.15, 0.2) is 0 Å². The van der Waals surface area contributed by atoms with E-state index in [1.165, 1.54) is 0 Å². The average molecular weight is 318 g/mol. The summed E-state index contributed by atoms with van der Waals surface area (Å²) in [4.78, 5) is 12.8. The Labute approximate surface area is 142 Å². The molecule has 1 amide bonds. The van der Waals surface area contributed by atoms with Crippen molar-refractivity contribution in [1.29, 1.82) is 0 Å². The van der Waals surface area contributed by atoms with Crippen molar-refractivity contribution >= 4 is 22.4 Å². The first-order chi connectivity index (χ1) is 11.4. The van der Waals surface area contributed by atoms with Crippen LogP contribution in [0, 0.1) is 6.92 Å². The molecule has 0 aromatic heterocycles. The van der Waals surface area contributed by atoms with Crippen LogP contribution in [0.25, 0.3) is 10.8 Å². The Morgan fingerprint density at radius 1 is 1.00 bits per heavy atom. The second kappa shape index (κ2) is 6.00.